The fourth-order valence-electron chi connectivity index (χ4n) is 1.94. The molecular weight excluding hydrogens is 288 g/mol. The monoisotopic (exact) mass is 298 g/mol. The number of fused-ring (bicyclic) bond motifs is 1. The molecule has 0 atom stereocenters. The lowest BCUT2D eigenvalue weighted by Crippen LogP contribution is -1.97. The summed E-state index contributed by atoms with van der Waals surface area (Å²) in [5.74, 6) is 0.858. The highest BCUT2D eigenvalue weighted by Crippen LogP contribution is 2.36. The van der Waals surface area contributed by atoms with Crippen LogP contribution in [0.25, 0.3) is 10.6 Å². The van der Waals surface area contributed by atoms with E-state index >= 15 is 0 Å². The van der Waals surface area contributed by atoms with Gasteiger partial charge in [-0.1, -0.05) is 5.16 Å². The third kappa shape index (κ3) is 1.78. The van der Waals surface area contributed by atoms with Gasteiger partial charge in [-0.05, 0) is 47.3 Å². The molecule has 3 nitrogen and oxygen atoms in total. The van der Waals surface area contributed by atoms with Gasteiger partial charge in [-0.3, -0.25) is 0 Å². The zero-order valence-electron chi connectivity index (χ0n) is 8.62. The van der Waals surface area contributed by atoms with E-state index in [-0.39, 0.29) is 0 Å². The predicted molar refractivity (Wildman–Crippen MR) is 68.9 cm³/mol. The first-order valence-corrected chi connectivity index (χ1v) is 6.93. The van der Waals surface area contributed by atoms with Crippen LogP contribution in [0.2, 0.25) is 0 Å². The van der Waals surface area contributed by atoms with Crippen LogP contribution in [0.5, 0.6) is 0 Å². The van der Waals surface area contributed by atoms with Crippen molar-refractivity contribution in [3.8, 4) is 10.6 Å². The van der Waals surface area contributed by atoms with E-state index in [9.17, 15) is 0 Å². The molecule has 0 amide bonds. The minimum Gasteiger partial charge on any atom is -0.354 e. The molecule has 2 aromatic rings. The molecule has 16 heavy (non-hydrogen) atoms. The molecule has 1 aliphatic heterocycles. The second-order valence-electron chi connectivity index (χ2n) is 3.83. The summed E-state index contributed by atoms with van der Waals surface area (Å²) in [5.41, 5.74) is 2.23. The van der Waals surface area contributed by atoms with E-state index in [2.05, 4.69) is 32.5 Å². The van der Waals surface area contributed by atoms with Crippen molar-refractivity contribution in [1.82, 2.24) is 5.16 Å². The molecule has 5 heteroatoms. The molecule has 0 saturated heterocycles. The third-order valence-electron chi connectivity index (χ3n) is 2.73. The van der Waals surface area contributed by atoms with Crippen molar-refractivity contribution in [3.63, 3.8) is 0 Å². The van der Waals surface area contributed by atoms with Gasteiger partial charge >= 0.3 is 0 Å². The molecule has 0 saturated carbocycles. The Bertz CT molecular complexity index is 506. The molecular formula is C11H11BrN2OS. The zero-order valence-corrected chi connectivity index (χ0v) is 11.0. The van der Waals surface area contributed by atoms with Crippen LogP contribution in [-0.2, 0) is 6.42 Å². The van der Waals surface area contributed by atoms with Crippen molar-refractivity contribution in [2.75, 3.05) is 11.9 Å². The van der Waals surface area contributed by atoms with Crippen molar-refractivity contribution in [3.05, 3.63) is 21.5 Å². The predicted octanol–water partition coefficient (Wildman–Crippen LogP) is 3.91. The quantitative estimate of drug-likeness (QED) is 0.867. The van der Waals surface area contributed by atoms with Crippen LogP contribution in [-0.4, -0.2) is 11.7 Å². The lowest BCUT2D eigenvalue weighted by Gasteiger charge is -1.97. The summed E-state index contributed by atoms with van der Waals surface area (Å²) >= 11 is 5.17. The largest absolute Gasteiger partial charge is 0.354 e. The van der Waals surface area contributed by atoms with Gasteiger partial charge in [0.05, 0.1) is 8.66 Å². The summed E-state index contributed by atoms with van der Waals surface area (Å²) in [4.78, 5) is 1.17. The van der Waals surface area contributed by atoms with E-state index in [1.54, 1.807) is 11.3 Å². The van der Waals surface area contributed by atoms with Crippen LogP contribution in [0.15, 0.2) is 20.4 Å². The van der Waals surface area contributed by atoms with Gasteiger partial charge in [-0.2, -0.15) is 0 Å². The summed E-state index contributed by atoms with van der Waals surface area (Å²) in [6.45, 7) is 0.982. The van der Waals surface area contributed by atoms with Crippen molar-refractivity contribution < 1.29 is 4.52 Å². The number of nitrogens with one attached hydrogen (secondary N) is 1. The first kappa shape index (κ1) is 10.4. The second kappa shape index (κ2) is 4.22. The lowest BCUT2D eigenvalue weighted by atomic mass is 10.1. The van der Waals surface area contributed by atoms with Crippen LogP contribution in [0.4, 0.5) is 5.88 Å². The van der Waals surface area contributed by atoms with Gasteiger partial charge in [0.25, 0.3) is 0 Å². The molecule has 0 bridgehead atoms. The van der Waals surface area contributed by atoms with Crippen molar-refractivity contribution in [2.45, 2.75) is 19.3 Å². The standard InChI is InChI=1S/C11H11BrN2OS/c12-9-5-4-8(16-9)10-7-3-1-2-6-13-11(7)15-14-10/h4-5,13H,1-3,6H2. The number of anilines is 1. The normalized spacial score (nSPS) is 15.3. The van der Waals surface area contributed by atoms with Gasteiger partial charge in [0.2, 0.25) is 5.88 Å². The van der Waals surface area contributed by atoms with E-state index in [1.807, 2.05) is 6.07 Å². The van der Waals surface area contributed by atoms with Gasteiger partial charge in [0, 0.05) is 12.1 Å². The minimum atomic E-state index is 0.858. The molecule has 3 heterocycles. The number of rotatable bonds is 1. The average Bonchev–Trinajstić information content (AvgIpc) is 2.79. The van der Waals surface area contributed by atoms with E-state index in [0.717, 1.165) is 28.3 Å². The summed E-state index contributed by atoms with van der Waals surface area (Å²) in [6.07, 6.45) is 3.44. The highest BCUT2D eigenvalue weighted by atomic mass is 79.9. The molecule has 0 unspecified atom stereocenters. The molecule has 0 radical (unpaired) electrons. The molecule has 0 aromatic carbocycles. The summed E-state index contributed by atoms with van der Waals surface area (Å²) in [6, 6.07) is 4.13. The SMILES string of the molecule is Brc1ccc(-c2noc3c2CCCCN3)s1. The Labute approximate surface area is 106 Å². The topological polar surface area (TPSA) is 38.1 Å². The first-order valence-electron chi connectivity index (χ1n) is 5.33. The van der Waals surface area contributed by atoms with Gasteiger partial charge in [0.15, 0.2) is 0 Å². The Balaban J connectivity index is 2.05. The van der Waals surface area contributed by atoms with Crippen LogP contribution < -0.4 is 5.32 Å². The second-order valence-corrected chi connectivity index (χ2v) is 6.29. The van der Waals surface area contributed by atoms with Crippen molar-refractivity contribution in [2.24, 2.45) is 0 Å². The molecule has 3 rings (SSSR count). The van der Waals surface area contributed by atoms with E-state index < -0.39 is 0 Å². The molecule has 1 aliphatic rings. The summed E-state index contributed by atoms with van der Waals surface area (Å²) in [7, 11) is 0. The van der Waals surface area contributed by atoms with Gasteiger partial charge in [0.1, 0.15) is 5.69 Å². The van der Waals surface area contributed by atoms with E-state index in [4.69, 9.17) is 4.52 Å². The smallest absolute Gasteiger partial charge is 0.228 e. The molecule has 84 valence electrons. The Morgan fingerprint density at radius 3 is 3.12 bits per heavy atom. The molecule has 0 spiro atoms. The number of hydrogen-bond donors (Lipinski definition) is 1. The fraction of sp³-hybridized carbons (Fsp3) is 0.364. The minimum absolute atomic E-state index is 0.858. The van der Waals surface area contributed by atoms with Crippen LogP contribution in [0.1, 0.15) is 18.4 Å². The maximum atomic E-state index is 5.36. The van der Waals surface area contributed by atoms with Gasteiger partial charge in [-0.15, -0.1) is 11.3 Å². The Kier molecular flexibility index (Phi) is 2.73. The van der Waals surface area contributed by atoms with Crippen LogP contribution >= 0.6 is 27.3 Å². The lowest BCUT2D eigenvalue weighted by molar-refractivity contribution is 0.435. The van der Waals surface area contributed by atoms with E-state index in [1.165, 1.54) is 23.3 Å². The van der Waals surface area contributed by atoms with Crippen molar-refractivity contribution in [1.29, 1.82) is 0 Å². The van der Waals surface area contributed by atoms with Crippen LogP contribution in [0.3, 0.4) is 0 Å². The zero-order chi connectivity index (χ0) is 11.0. The highest BCUT2D eigenvalue weighted by Gasteiger charge is 2.19. The molecule has 0 fully saturated rings. The maximum Gasteiger partial charge on any atom is 0.228 e. The number of aromatic nitrogens is 1. The fourth-order valence-corrected chi connectivity index (χ4v) is 3.34. The number of thiophene rings is 1. The Hall–Kier alpha value is -0.810. The molecule has 0 aliphatic carbocycles. The summed E-state index contributed by atoms with van der Waals surface area (Å²) in [5, 5.41) is 7.46. The third-order valence-corrected chi connectivity index (χ3v) is 4.36. The van der Waals surface area contributed by atoms with E-state index in [0.29, 0.717) is 0 Å². The highest BCUT2D eigenvalue weighted by molar-refractivity contribution is 9.11. The number of nitrogens with zero attached hydrogens (tertiary/aromatic N) is 1. The van der Waals surface area contributed by atoms with Gasteiger partial charge < -0.3 is 9.84 Å². The van der Waals surface area contributed by atoms with Gasteiger partial charge in [-0.25, -0.2) is 0 Å². The summed E-state index contributed by atoms with van der Waals surface area (Å²) < 4.78 is 6.49. The molecule has 2 aromatic heterocycles. The Morgan fingerprint density at radius 1 is 1.38 bits per heavy atom. The number of halogens is 1. The average molecular weight is 299 g/mol. The first-order chi connectivity index (χ1) is 7.84. The maximum absolute atomic E-state index is 5.36. The Morgan fingerprint density at radius 2 is 2.31 bits per heavy atom. The van der Waals surface area contributed by atoms with Crippen molar-refractivity contribution >= 4 is 33.2 Å². The molecule has 1 N–H and O–H groups in total. The number of hydrogen-bond acceptors (Lipinski definition) is 4. The van der Waals surface area contributed by atoms with Crippen LogP contribution in [0, 0.1) is 0 Å².